The van der Waals surface area contributed by atoms with Crippen LogP contribution in [0.25, 0.3) is 0 Å². The lowest BCUT2D eigenvalue weighted by atomic mass is 10.0. The lowest BCUT2D eigenvalue weighted by Crippen LogP contribution is -2.22. The average molecular weight is 256 g/mol. The van der Waals surface area contributed by atoms with Crippen molar-refractivity contribution in [3.05, 3.63) is 35.4 Å². The first-order valence-corrected chi connectivity index (χ1v) is 7.88. The van der Waals surface area contributed by atoms with Crippen molar-refractivity contribution in [3.63, 3.8) is 0 Å². The molecule has 0 aliphatic heterocycles. The Bertz CT molecular complexity index is 437. The van der Waals surface area contributed by atoms with E-state index < -0.39 is 0 Å². The maximum atomic E-state index is 5.58. The molecule has 4 unspecified atom stereocenters. The number of benzene rings is 1. The second kappa shape index (κ2) is 4.60. The van der Waals surface area contributed by atoms with Gasteiger partial charge in [0.1, 0.15) is 0 Å². The number of rotatable bonds is 5. The molecule has 2 bridgehead atoms. The second-order valence-electron chi connectivity index (χ2n) is 6.75. The highest BCUT2D eigenvalue weighted by Crippen LogP contribution is 2.65. The van der Waals surface area contributed by atoms with Crippen LogP contribution >= 0.6 is 0 Å². The van der Waals surface area contributed by atoms with E-state index in [0.29, 0.717) is 0 Å². The van der Waals surface area contributed by atoms with Crippen molar-refractivity contribution < 1.29 is 0 Å². The van der Waals surface area contributed by atoms with Crippen molar-refractivity contribution >= 4 is 0 Å². The molecule has 1 aromatic rings. The summed E-state index contributed by atoms with van der Waals surface area (Å²) in [6, 6.07) is 9.80. The van der Waals surface area contributed by atoms with Crippen molar-refractivity contribution in [2.24, 2.45) is 29.4 Å². The fraction of sp³-hybridized carbons (Fsp3) is 0.647. The molecule has 0 saturated heterocycles. The molecule has 0 radical (unpaired) electrons. The number of nitrogens with one attached hydrogen (secondary N) is 1. The van der Waals surface area contributed by atoms with E-state index >= 15 is 0 Å². The number of hydrogen-bond acceptors (Lipinski definition) is 2. The van der Waals surface area contributed by atoms with Crippen LogP contribution < -0.4 is 11.1 Å². The first-order valence-electron chi connectivity index (χ1n) is 7.88. The van der Waals surface area contributed by atoms with Gasteiger partial charge in [0, 0.05) is 12.6 Å². The third-order valence-electron chi connectivity index (χ3n) is 5.73. The van der Waals surface area contributed by atoms with Crippen molar-refractivity contribution in [1.29, 1.82) is 0 Å². The Morgan fingerprint density at radius 1 is 1.00 bits per heavy atom. The van der Waals surface area contributed by atoms with E-state index in [-0.39, 0.29) is 0 Å². The van der Waals surface area contributed by atoms with Gasteiger partial charge in [-0.1, -0.05) is 24.3 Å². The largest absolute Gasteiger partial charge is 0.330 e. The summed E-state index contributed by atoms with van der Waals surface area (Å²) in [6.45, 7) is 1.78. The molecule has 3 aliphatic carbocycles. The summed E-state index contributed by atoms with van der Waals surface area (Å²) in [5.41, 5.74) is 8.35. The zero-order valence-corrected chi connectivity index (χ0v) is 11.5. The minimum atomic E-state index is 0.742. The highest BCUT2D eigenvalue weighted by molar-refractivity contribution is 5.24. The lowest BCUT2D eigenvalue weighted by Gasteiger charge is -2.11. The first-order chi connectivity index (χ1) is 9.36. The fourth-order valence-corrected chi connectivity index (χ4v) is 4.82. The van der Waals surface area contributed by atoms with Crippen molar-refractivity contribution in [2.45, 2.75) is 38.3 Å². The molecule has 1 aromatic carbocycles. The molecule has 0 amide bonds. The summed E-state index contributed by atoms with van der Waals surface area (Å²) in [4.78, 5) is 0. The zero-order chi connectivity index (χ0) is 12.8. The van der Waals surface area contributed by atoms with E-state index in [1.807, 2.05) is 0 Å². The van der Waals surface area contributed by atoms with E-state index in [2.05, 4.69) is 29.6 Å². The lowest BCUT2D eigenvalue weighted by molar-refractivity contribution is 0.456. The van der Waals surface area contributed by atoms with Crippen LogP contribution in [0.2, 0.25) is 0 Å². The number of hydrogen-bond donors (Lipinski definition) is 2. The Morgan fingerprint density at radius 3 is 2.26 bits per heavy atom. The molecule has 102 valence electrons. The predicted octanol–water partition coefficient (Wildman–Crippen LogP) is 2.32. The van der Waals surface area contributed by atoms with Crippen LogP contribution in [0.1, 0.15) is 30.4 Å². The summed E-state index contributed by atoms with van der Waals surface area (Å²) in [7, 11) is 0. The summed E-state index contributed by atoms with van der Waals surface area (Å²) in [5, 5.41) is 3.80. The highest BCUT2D eigenvalue weighted by atomic mass is 15.0. The highest BCUT2D eigenvalue weighted by Gasteiger charge is 2.64. The van der Waals surface area contributed by atoms with Crippen LogP contribution in [0.4, 0.5) is 0 Å². The summed E-state index contributed by atoms with van der Waals surface area (Å²) in [5.74, 6) is 4.21. The molecule has 0 heterocycles. The third-order valence-corrected chi connectivity index (χ3v) is 5.73. The standard InChI is InChI=1S/C17H24N2/c18-8-7-11-1-3-12(4-2-11)10-19-17-15-13-5-6-14(9-13)16(15)17/h1-4,13-17,19H,5-10,18H2. The molecule has 19 heavy (non-hydrogen) atoms. The minimum absolute atomic E-state index is 0.742. The topological polar surface area (TPSA) is 38.0 Å². The molecular weight excluding hydrogens is 232 g/mol. The van der Waals surface area contributed by atoms with Gasteiger partial charge in [-0.25, -0.2) is 0 Å². The minimum Gasteiger partial charge on any atom is -0.330 e. The van der Waals surface area contributed by atoms with Gasteiger partial charge < -0.3 is 11.1 Å². The quantitative estimate of drug-likeness (QED) is 0.848. The van der Waals surface area contributed by atoms with Gasteiger partial charge in [0.2, 0.25) is 0 Å². The monoisotopic (exact) mass is 256 g/mol. The van der Waals surface area contributed by atoms with Crippen LogP contribution in [0.15, 0.2) is 24.3 Å². The smallest absolute Gasteiger partial charge is 0.0208 e. The SMILES string of the molecule is NCCc1ccc(CNC2C3C4CCC(C4)C23)cc1. The average Bonchev–Trinajstić information content (AvgIpc) is 2.82. The van der Waals surface area contributed by atoms with E-state index in [1.54, 1.807) is 6.42 Å². The summed E-state index contributed by atoms with van der Waals surface area (Å²) >= 11 is 0. The van der Waals surface area contributed by atoms with Crippen LogP contribution in [0.5, 0.6) is 0 Å². The third kappa shape index (κ3) is 2.02. The molecular formula is C17H24N2. The molecule has 4 rings (SSSR count). The molecule has 3 aliphatic rings. The predicted molar refractivity (Wildman–Crippen MR) is 77.6 cm³/mol. The van der Waals surface area contributed by atoms with Gasteiger partial charge in [-0.15, -0.1) is 0 Å². The normalized spacial score (nSPS) is 38.5. The van der Waals surface area contributed by atoms with E-state index in [0.717, 1.165) is 49.2 Å². The molecule has 0 spiro atoms. The number of nitrogens with two attached hydrogens (primary N) is 1. The second-order valence-corrected chi connectivity index (χ2v) is 6.75. The first kappa shape index (κ1) is 11.9. The Morgan fingerprint density at radius 2 is 1.63 bits per heavy atom. The van der Waals surface area contributed by atoms with Gasteiger partial charge >= 0.3 is 0 Å². The molecule has 4 atom stereocenters. The molecule has 2 nitrogen and oxygen atoms in total. The van der Waals surface area contributed by atoms with Gasteiger partial charge in [-0.3, -0.25) is 0 Å². The fourth-order valence-electron chi connectivity index (χ4n) is 4.82. The summed E-state index contributed by atoms with van der Waals surface area (Å²) < 4.78 is 0. The van der Waals surface area contributed by atoms with Gasteiger partial charge in [-0.05, 0) is 67.0 Å². The van der Waals surface area contributed by atoms with Crippen molar-refractivity contribution in [3.8, 4) is 0 Å². The van der Waals surface area contributed by atoms with Crippen LogP contribution in [-0.2, 0) is 13.0 Å². The maximum Gasteiger partial charge on any atom is 0.0208 e. The van der Waals surface area contributed by atoms with Crippen molar-refractivity contribution in [2.75, 3.05) is 6.54 Å². The van der Waals surface area contributed by atoms with Crippen LogP contribution in [0.3, 0.4) is 0 Å². The van der Waals surface area contributed by atoms with Crippen molar-refractivity contribution in [1.82, 2.24) is 5.32 Å². The Labute approximate surface area is 115 Å². The molecule has 2 heteroatoms. The molecule has 0 aromatic heterocycles. The Hall–Kier alpha value is -0.860. The zero-order valence-electron chi connectivity index (χ0n) is 11.5. The van der Waals surface area contributed by atoms with Gasteiger partial charge in [-0.2, -0.15) is 0 Å². The molecule has 3 saturated carbocycles. The van der Waals surface area contributed by atoms with E-state index in [4.69, 9.17) is 5.73 Å². The van der Waals surface area contributed by atoms with Gasteiger partial charge in [0.25, 0.3) is 0 Å². The summed E-state index contributed by atoms with van der Waals surface area (Å²) in [6.07, 6.45) is 5.56. The molecule has 3 fully saturated rings. The van der Waals surface area contributed by atoms with Gasteiger partial charge in [0.15, 0.2) is 0 Å². The van der Waals surface area contributed by atoms with E-state index in [9.17, 15) is 0 Å². The van der Waals surface area contributed by atoms with Crippen LogP contribution in [-0.4, -0.2) is 12.6 Å². The van der Waals surface area contributed by atoms with Gasteiger partial charge in [0.05, 0.1) is 0 Å². The Kier molecular flexibility index (Phi) is 2.89. The maximum absolute atomic E-state index is 5.58. The Balaban J connectivity index is 1.31. The van der Waals surface area contributed by atoms with E-state index in [1.165, 1.54) is 24.0 Å². The number of fused-ring (bicyclic) bond motifs is 5. The molecule has 3 N–H and O–H groups in total. The van der Waals surface area contributed by atoms with Crippen LogP contribution in [0, 0.1) is 23.7 Å².